The molecule has 0 unspecified atom stereocenters. The van der Waals surface area contributed by atoms with Crippen LogP contribution >= 0.6 is 11.9 Å². The fourth-order valence-corrected chi connectivity index (χ4v) is 3.52. The van der Waals surface area contributed by atoms with Crippen LogP contribution in [-0.2, 0) is 9.84 Å². The predicted octanol–water partition coefficient (Wildman–Crippen LogP) is 1.26. The molecule has 0 spiro atoms. The van der Waals surface area contributed by atoms with E-state index in [0.717, 1.165) is 23.3 Å². The first-order chi connectivity index (χ1) is 7.57. The molecule has 0 bridgehead atoms. The van der Waals surface area contributed by atoms with Gasteiger partial charge >= 0.3 is 0 Å². The van der Waals surface area contributed by atoms with E-state index in [2.05, 4.69) is 10.1 Å². The van der Waals surface area contributed by atoms with E-state index in [9.17, 15) is 8.42 Å². The van der Waals surface area contributed by atoms with E-state index in [0.29, 0.717) is 10.1 Å². The number of fused-ring (bicyclic) bond motifs is 3. The quantitative estimate of drug-likeness (QED) is 0.737. The standard InChI is InChI=1S/C9H9N3O2S2/c1-16(13,14)9-8-10-6-4-2-3-5-7(6)12(8)11-15-9/h2-5,10-11H,1H3. The Bertz CT molecular complexity index is 595. The number of para-hydroxylation sites is 2. The van der Waals surface area contributed by atoms with E-state index in [1.54, 1.807) is 5.01 Å². The highest BCUT2D eigenvalue weighted by atomic mass is 32.3. The smallest absolute Gasteiger partial charge is 0.186 e. The highest BCUT2D eigenvalue weighted by Gasteiger charge is 2.36. The number of nitrogens with one attached hydrogen (secondary N) is 2. The van der Waals surface area contributed by atoms with Gasteiger partial charge in [-0.1, -0.05) is 12.1 Å². The molecule has 5 nitrogen and oxygen atoms in total. The van der Waals surface area contributed by atoms with Gasteiger partial charge in [0.2, 0.25) is 0 Å². The van der Waals surface area contributed by atoms with Crippen molar-refractivity contribution in [2.24, 2.45) is 0 Å². The molecule has 0 saturated carbocycles. The molecule has 0 saturated heterocycles. The lowest BCUT2D eigenvalue weighted by molar-refractivity contribution is 0.609. The molecule has 0 amide bonds. The van der Waals surface area contributed by atoms with E-state index < -0.39 is 9.84 Å². The third-order valence-electron chi connectivity index (χ3n) is 2.38. The molecule has 2 aliphatic rings. The molecule has 7 heteroatoms. The van der Waals surface area contributed by atoms with Crippen LogP contribution in [0.15, 0.2) is 34.3 Å². The van der Waals surface area contributed by atoms with Gasteiger partial charge in [-0.25, -0.2) is 13.4 Å². The Balaban J connectivity index is 2.16. The van der Waals surface area contributed by atoms with Crippen molar-refractivity contribution in [2.75, 3.05) is 16.6 Å². The van der Waals surface area contributed by atoms with Crippen molar-refractivity contribution in [3.8, 4) is 0 Å². The minimum Gasteiger partial charge on any atom is -0.337 e. The summed E-state index contributed by atoms with van der Waals surface area (Å²) in [6, 6.07) is 7.65. The van der Waals surface area contributed by atoms with Crippen LogP contribution in [0, 0.1) is 0 Å². The lowest BCUT2D eigenvalue weighted by Gasteiger charge is -2.11. The summed E-state index contributed by atoms with van der Waals surface area (Å²) in [5.41, 5.74) is 1.84. The van der Waals surface area contributed by atoms with Crippen LogP contribution in [0.5, 0.6) is 0 Å². The van der Waals surface area contributed by atoms with Gasteiger partial charge in [-0.15, -0.1) is 0 Å². The van der Waals surface area contributed by atoms with Crippen molar-refractivity contribution in [3.63, 3.8) is 0 Å². The summed E-state index contributed by atoms with van der Waals surface area (Å²) in [7, 11) is -3.20. The highest BCUT2D eigenvalue weighted by Crippen LogP contribution is 2.43. The Morgan fingerprint density at radius 3 is 2.81 bits per heavy atom. The van der Waals surface area contributed by atoms with Crippen molar-refractivity contribution >= 4 is 33.2 Å². The molecular weight excluding hydrogens is 246 g/mol. The van der Waals surface area contributed by atoms with Gasteiger partial charge in [0.05, 0.1) is 11.4 Å². The van der Waals surface area contributed by atoms with Crippen LogP contribution < -0.4 is 15.2 Å². The number of rotatable bonds is 1. The maximum absolute atomic E-state index is 11.5. The second-order valence-corrected chi connectivity index (χ2v) is 6.59. The van der Waals surface area contributed by atoms with Crippen LogP contribution in [0.2, 0.25) is 0 Å². The molecule has 0 fully saturated rings. The average molecular weight is 255 g/mol. The van der Waals surface area contributed by atoms with Crippen molar-refractivity contribution in [1.29, 1.82) is 0 Å². The summed E-state index contributed by atoms with van der Waals surface area (Å²) in [6.45, 7) is 0. The first-order valence-corrected chi connectivity index (χ1v) is 7.31. The van der Waals surface area contributed by atoms with Crippen molar-refractivity contribution in [3.05, 3.63) is 34.3 Å². The number of hydrogen-bond donors (Lipinski definition) is 2. The molecule has 1 aromatic rings. The first kappa shape index (κ1) is 10.0. The van der Waals surface area contributed by atoms with Gasteiger partial charge < -0.3 is 5.32 Å². The van der Waals surface area contributed by atoms with Gasteiger partial charge in [0, 0.05) is 6.26 Å². The Labute approximate surface area is 97.5 Å². The average Bonchev–Trinajstić information content (AvgIpc) is 2.73. The maximum Gasteiger partial charge on any atom is 0.186 e. The van der Waals surface area contributed by atoms with Gasteiger partial charge in [-0.3, -0.25) is 0 Å². The fraction of sp³-hybridized carbons (Fsp3) is 0.111. The fourth-order valence-electron chi connectivity index (χ4n) is 1.70. The molecule has 2 heterocycles. The predicted molar refractivity (Wildman–Crippen MR) is 65.1 cm³/mol. The topological polar surface area (TPSA) is 61.4 Å². The zero-order valence-electron chi connectivity index (χ0n) is 8.39. The number of anilines is 2. The molecule has 0 radical (unpaired) electrons. The van der Waals surface area contributed by atoms with Crippen molar-refractivity contribution in [1.82, 2.24) is 4.83 Å². The van der Waals surface area contributed by atoms with Gasteiger partial charge in [0.15, 0.2) is 19.9 Å². The van der Waals surface area contributed by atoms with Gasteiger partial charge in [-0.2, -0.15) is 4.83 Å². The Morgan fingerprint density at radius 1 is 1.31 bits per heavy atom. The van der Waals surface area contributed by atoms with Crippen molar-refractivity contribution < 1.29 is 8.42 Å². The molecular formula is C9H9N3O2S2. The molecule has 2 aliphatic heterocycles. The summed E-state index contributed by atoms with van der Waals surface area (Å²) < 4.78 is 23.4. The number of hydrogen-bond acceptors (Lipinski definition) is 6. The monoisotopic (exact) mass is 255 g/mol. The van der Waals surface area contributed by atoms with E-state index in [1.807, 2.05) is 24.3 Å². The molecule has 2 N–H and O–H groups in total. The van der Waals surface area contributed by atoms with Gasteiger partial charge in [-0.05, 0) is 24.1 Å². The molecule has 16 heavy (non-hydrogen) atoms. The van der Waals surface area contributed by atoms with E-state index in [4.69, 9.17) is 0 Å². The summed E-state index contributed by atoms with van der Waals surface area (Å²) in [5.74, 6) is 0.591. The SMILES string of the molecule is CS(=O)(=O)C1=C2Nc3ccccc3N2NS1. The third kappa shape index (κ3) is 1.32. The summed E-state index contributed by atoms with van der Waals surface area (Å²) >= 11 is 1.11. The minimum absolute atomic E-state index is 0.323. The summed E-state index contributed by atoms with van der Waals surface area (Å²) in [5, 5.41) is 4.84. The van der Waals surface area contributed by atoms with E-state index >= 15 is 0 Å². The Kier molecular flexibility index (Phi) is 1.97. The molecule has 0 atom stereocenters. The van der Waals surface area contributed by atoms with E-state index in [1.165, 1.54) is 6.26 Å². The van der Waals surface area contributed by atoms with Crippen LogP contribution in [0.4, 0.5) is 11.4 Å². The maximum atomic E-state index is 11.5. The van der Waals surface area contributed by atoms with Crippen LogP contribution in [-0.4, -0.2) is 14.7 Å². The highest BCUT2D eigenvalue weighted by molar-refractivity contribution is 8.17. The normalized spacial score (nSPS) is 18.4. The largest absolute Gasteiger partial charge is 0.337 e. The van der Waals surface area contributed by atoms with Gasteiger partial charge in [0.25, 0.3) is 0 Å². The van der Waals surface area contributed by atoms with Crippen molar-refractivity contribution in [2.45, 2.75) is 0 Å². The van der Waals surface area contributed by atoms with Crippen LogP contribution in [0.25, 0.3) is 0 Å². The molecule has 0 aromatic heterocycles. The number of benzene rings is 1. The van der Waals surface area contributed by atoms with Crippen LogP contribution in [0.1, 0.15) is 0 Å². The second kappa shape index (κ2) is 3.16. The third-order valence-corrected chi connectivity index (χ3v) is 5.06. The summed E-state index contributed by atoms with van der Waals surface area (Å²) in [6.07, 6.45) is 1.21. The molecule has 1 aromatic carbocycles. The zero-order chi connectivity index (χ0) is 11.3. The lowest BCUT2D eigenvalue weighted by atomic mass is 10.3. The number of nitrogens with zero attached hydrogens (tertiary/aromatic N) is 1. The Morgan fingerprint density at radius 2 is 2.06 bits per heavy atom. The first-order valence-electron chi connectivity index (χ1n) is 4.60. The minimum atomic E-state index is -3.20. The summed E-state index contributed by atoms with van der Waals surface area (Å²) in [4.78, 5) is 2.97. The van der Waals surface area contributed by atoms with E-state index in [-0.39, 0.29) is 0 Å². The molecule has 0 aliphatic carbocycles. The number of sulfone groups is 1. The second-order valence-electron chi connectivity index (χ2n) is 3.58. The van der Waals surface area contributed by atoms with Crippen LogP contribution in [0.3, 0.4) is 0 Å². The molecule has 84 valence electrons. The molecule has 3 rings (SSSR count). The number of hydrazine groups is 1. The Hall–Kier alpha value is -1.18. The lowest BCUT2D eigenvalue weighted by Crippen LogP contribution is -2.25. The van der Waals surface area contributed by atoms with Gasteiger partial charge in [0.1, 0.15) is 0 Å². The zero-order valence-corrected chi connectivity index (χ0v) is 10.0.